The Morgan fingerprint density at radius 2 is 2.10 bits per heavy atom. The van der Waals surface area contributed by atoms with E-state index in [-0.39, 0.29) is 0 Å². The number of hydrogen-bond donors (Lipinski definition) is 0. The minimum Gasteiger partial charge on any atom is -0.326 e. The van der Waals surface area contributed by atoms with Crippen molar-refractivity contribution in [2.45, 2.75) is 33.1 Å². The Kier molecular flexibility index (Phi) is 4.24. The number of nitrogens with zero attached hydrogens (tertiary/aromatic N) is 3. The predicted molar refractivity (Wildman–Crippen MR) is 90.0 cm³/mol. The molecule has 0 spiro atoms. The van der Waals surface area contributed by atoms with Gasteiger partial charge in [0.2, 0.25) is 0 Å². The van der Waals surface area contributed by atoms with E-state index in [0.29, 0.717) is 5.92 Å². The van der Waals surface area contributed by atoms with Crippen LogP contribution in [0.15, 0.2) is 34.9 Å². The molecule has 3 nitrogen and oxygen atoms in total. The number of hydrogen-bond acceptors (Lipinski definition) is 3. The third kappa shape index (κ3) is 3.10. The molecule has 0 bridgehead atoms. The molecule has 1 aromatic heterocycles. The van der Waals surface area contributed by atoms with Gasteiger partial charge in [-0.1, -0.05) is 32.0 Å². The molecule has 0 saturated heterocycles. The average molecular weight is 346 g/mol. The predicted octanol–water partition coefficient (Wildman–Crippen LogP) is 4.52. The molecule has 3 rings (SSSR count). The third-order valence-electron chi connectivity index (χ3n) is 3.82. The highest BCUT2D eigenvalue weighted by molar-refractivity contribution is 9.10. The topological polar surface area (TPSA) is 29.0 Å². The largest absolute Gasteiger partial charge is 0.326 e. The van der Waals surface area contributed by atoms with Gasteiger partial charge in [-0.15, -0.1) is 0 Å². The van der Waals surface area contributed by atoms with Crippen LogP contribution in [0, 0.1) is 5.92 Å². The second-order valence-electron chi connectivity index (χ2n) is 5.76. The van der Waals surface area contributed by atoms with Crippen molar-refractivity contribution in [2.75, 3.05) is 11.4 Å². The summed E-state index contributed by atoms with van der Waals surface area (Å²) in [4.78, 5) is 11.6. The van der Waals surface area contributed by atoms with Gasteiger partial charge in [-0.05, 0) is 46.3 Å². The van der Waals surface area contributed by atoms with Crippen molar-refractivity contribution in [3.05, 3.63) is 46.3 Å². The lowest BCUT2D eigenvalue weighted by molar-refractivity contribution is 0.559. The monoisotopic (exact) mass is 345 g/mol. The Balaban J connectivity index is 2.04. The molecule has 1 unspecified atom stereocenters. The lowest BCUT2D eigenvalue weighted by Gasteiger charge is -2.34. The quantitative estimate of drug-likeness (QED) is 0.765. The molecular formula is C17H20BrN3. The van der Waals surface area contributed by atoms with Gasteiger partial charge < -0.3 is 4.90 Å². The molecular weight excluding hydrogens is 326 g/mol. The molecule has 0 aliphatic carbocycles. The van der Waals surface area contributed by atoms with Crippen LogP contribution >= 0.6 is 15.9 Å². The molecule has 0 radical (unpaired) electrons. The summed E-state index contributed by atoms with van der Waals surface area (Å²) in [5.41, 5.74) is 2.69. The van der Waals surface area contributed by atoms with E-state index in [1.807, 2.05) is 6.07 Å². The van der Waals surface area contributed by atoms with E-state index >= 15 is 0 Å². The van der Waals surface area contributed by atoms with Gasteiger partial charge in [0.1, 0.15) is 16.2 Å². The maximum absolute atomic E-state index is 4.77. The van der Waals surface area contributed by atoms with Crippen LogP contribution in [0.1, 0.15) is 31.7 Å². The highest BCUT2D eigenvalue weighted by atomic mass is 79.9. The Hall–Kier alpha value is -1.42. The molecule has 2 aromatic rings. The number of fused-ring (bicyclic) bond motifs is 1. The van der Waals surface area contributed by atoms with E-state index in [0.717, 1.165) is 42.1 Å². The van der Waals surface area contributed by atoms with E-state index in [1.54, 1.807) is 0 Å². The highest BCUT2D eigenvalue weighted by Gasteiger charge is 2.23. The molecule has 0 amide bonds. The smallest absolute Gasteiger partial charge is 0.137 e. The first-order chi connectivity index (χ1) is 10.2. The van der Waals surface area contributed by atoms with Crippen molar-refractivity contribution in [3.8, 4) is 0 Å². The number of halogens is 1. The normalized spacial score (nSPS) is 17.7. The Morgan fingerprint density at radius 3 is 2.90 bits per heavy atom. The van der Waals surface area contributed by atoms with Crippen molar-refractivity contribution >= 4 is 27.4 Å². The van der Waals surface area contributed by atoms with Crippen LogP contribution in [-0.4, -0.2) is 16.5 Å². The third-order valence-corrected chi connectivity index (χ3v) is 4.23. The van der Waals surface area contributed by atoms with E-state index in [4.69, 9.17) is 4.98 Å². The van der Waals surface area contributed by atoms with Gasteiger partial charge in [0.25, 0.3) is 0 Å². The molecule has 2 heterocycles. The van der Waals surface area contributed by atoms with Crippen molar-refractivity contribution < 1.29 is 0 Å². The van der Waals surface area contributed by atoms with Crippen molar-refractivity contribution in [1.29, 1.82) is 0 Å². The molecule has 0 saturated carbocycles. The highest BCUT2D eigenvalue weighted by Crippen LogP contribution is 2.34. The lowest BCUT2D eigenvalue weighted by Crippen LogP contribution is -2.31. The van der Waals surface area contributed by atoms with Crippen molar-refractivity contribution in [3.63, 3.8) is 0 Å². The zero-order chi connectivity index (χ0) is 14.8. The van der Waals surface area contributed by atoms with Gasteiger partial charge in [0.15, 0.2) is 0 Å². The number of anilines is 2. The molecule has 0 fully saturated rings. The Labute approximate surface area is 134 Å². The second-order valence-corrected chi connectivity index (χ2v) is 6.58. The van der Waals surface area contributed by atoms with E-state index in [9.17, 15) is 0 Å². The number of para-hydroxylation sites is 1. The Morgan fingerprint density at radius 1 is 1.29 bits per heavy atom. The van der Waals surface area contributed by atoms with E-state index in [1.165, 1.54) is 11.3 Å². The van der Waals surface area contributed by atoms with Crippen LogP contribution in [0.4, 0.5) is 11.5 Å². The van der Waals surface area contributed by atoms with E-state index in [2.05, 4.69) is 63.9 Å². The van der Waals surface area contributed by atoms with E-state index < -0.39 is 0 Å². The van der Waals surface area contributed by atoms with Gasteiger partial charge >= 0.3 is 0 Å². The van der Waals surface area contributed by atoms with Crippen LogP contribution < -0.4 is 4.90 Å². The number of benzene rings is 1. The summed E-state index contributed by atoms with van der Waals surface area (Å²) in [5.74, 6) is 2.54. The molecule has 1 atom stereocenters. The molecule has 110 valence electrons. The number of aryl methyl sites for hydroxylation is 1. The maximum Gasteiger partial charge on any atom is 0.137 e. The van der Waals surface area contributed by atoms with Gasteiger partial charge in [-0.25, -0.2) is 9.97 Å². The van der Waals surface area contributed by atoms with Gasteiger partial charge in [0, 0.05) is 24.7 Å². The first kappa shape index (κ1) is 14.5. The fourth-order valence-corrected chi connectivity index (χ4v) is 3.35. The molecule has 1 aromatic carbocycles. The van der Waals surface area contributed by atoms with Crippen LogP contribution in [0.3, 0.4) is 0 Å². The summed E-state index contributed by atoms with van der Waals surface area (Å²) in [6.07, 6.45) is 3.11. The first-order valence-electron chi connectivity index (χ1n) is 7.56. The fraction of sp³-hybridized carbons (Fsp3) is 0.412. The Bertz CT molecular complexity index is 642. The summed E-state index contributed by atoms with van der Waals surface area (Å²) < 4.78 is 0.867. The van der Waals surface area contributed by atoms with Crippen LogP contribution in [0.5, 0.6) is 0 Å². The standard InChI is InChI=1S/C17H20BrN3/c1-3-6-16-19-15(18)10-17(20-16)21-11-12(2)9-13-7-4-5-8-14(13)21/h4-5,7-8,10,12H,3,6,9,11H2,1-2H3. The van der Waals surface area contributed by atoms with Crippen LogP contribution in [0.2, 0.25) is 0 Å². The van der Waals surface area contributed by atoms with Gasteiger partial charge in [-0.2, -0.15) is 0 Å². The van der Waals surface area contributed by atoms with Crippen molar-refractivity contribution in [2.24, 2.45) is 5.92 Å². The van der Waals surface area contributed by atoms with Crippen molar-refractivity contribution in [1.82, 2.24) is 9.97 Å². The fourth-order valence-electron chi connectivity index (χ4n) is 2.94. The first-order valence-corrected chi connectivity index (χ1v) is 8.35. The van der Waals surface area contributed by atoms with Gasteiger partial charge in [0.05, 0.1) is 0 Å². The molecule has 21 heavy (non-hydrogen) atoms. The summed E-state index contributed by atoms with van der Waals surface area (Å²) in [7, 11) is 0. The minimum absolute atomic E-state index is 0.628. The minimum atomic E-state index is 0.628. The van der Waals surface area contributed by atoms with Crippen LogP contribution in [0.25, 0.3) is 0 Å². The molecule has 0 N–H and O–H groups in total. The average Bonchev–Trinajstić information content (AvgIpc) is 2.46. The zero-order valence-electron chi connectivity index (χ0n) is 12.5. The summed E-state index contributed by atoms with van der Waals surface area (Å²) >= 11 is 3.53. The summed E-state index contributed by atoms with van der Waals surface area (Å²) in [5, 5.41) is 0. The molecule has 1 aliphatic heterocycles. The second kappa shape index (κ2) is 6.14. The SMILES string of the molecule is CCCc1nc(Br)cc(N2CC(C)Cc3ccccc32)n1. The molecule has 1 aliphatic rings. The zero-order valence-corrected chi connectivity index (χ0v) is 14.1. The summed E-state index contributed by atoms with van der Waals surface area (Å²) in [6, 6.07) is 10.7. The summed E-state index contributed by atoms with van der Waals surface area (Å²) in [6.45, 7) is 5.46. The molecule has 4 heteroatoms. The number of aromatic nitrogens is 2. The maximum atomic E-state index is 4.77. The van der Waals surface area contributed by atoms with Gasteiger partial charge in [-0.3, -0.25) is 0 Å². The number of rotatable bonds is 3. The lowest BCUT2D eigenvalue weighted by atomic mass is 9.94. The van der Waals surface area contributed by atoms with Crippen LogP contribution in [-0.2, 0) is 12.8 Å².